The molecule has 2 aromatic heterocycles. The average Bonchev–Trinajstić information content (AvgIpc) is 3.10. The van der Waals surface area contributed by atoms with Crippen molar-refractivity contribution in [2.75, 3.05) is 0 Å². The number of hydrogen-bond donors (Lipinski definition) is 0. The predicted molar refractivity (Wildman–Crippen MR) is 108 cm³/mol. The molecule has 0 atom stereocenters. The summed E-state index contributed by atoms with van der Waals surface area (Å²) in [5, 5.41) is 11.5. The Balaban J connectivity index is 2.11. The van der Waals surface area contributed by atoms with E-state index in [1.807, 2.05) is 0 Å². The molecule has 0 N–H and O–H groups in total. The van der Waals surface area contributed by atoms with Crippen LogP contribution in [0, 0.1) is 22.9 Å². The Bertz CT molecular complexity index is 1420. The highest BCUT2D eigenvalue weighted by Crippen LogP contribution is 2.37. The van der Waals surface area contributed by atoms with Crippen LogP contribution in [-0.2, 0) is 10.0 Å². The summed E-state index contributed by atoms with van der Waals surface area (Å²) in [6, 6.07) is 10.0. The van der Waals surface area contributed by atoms with E-state index in [-0.39, 0.29) is 32.3 Å². The summed E-state index contributed by atoms with van der Waals surface area (Å²) >= 11 is 5.78. The molecule has 30 heavy (non-hydrogen) atoms. The standard InChI is InChI=1S/C19H12ClFN4O4S/c1-11-5-7-12(8-6-11)30(28,29)24-10-14(17-15(21)9-22-19(20)23-17)13-3-2-4-16(18(13)24)25(26)27/h2-10H,1H3. The van der Waals surface area contributed by atoms with Crippen molar-refractivity contribution >= 4 is 38.2 Å². The van der Waals surface area contributed by atoms with Gasteiger partial charge in [0.2, 0.25) is 5.28 Å². The van der Waals surface area contributed by atoms with Gasteiger partial charge >= 0.3 is 0 Å². The van der Waals surface area contributed by atoms with Gasteiger partial charge in [-0.15, -0.1) is 0 Å². The molecule has 0 spiro atoms. The molecular weight excluding hydrogens is 435 g/mol. The van der Waals surface area contributed by atoms with Crippen molar-refractivity contribution in [3.63, 3.8) is 0 Å². The molecule has 152 valence electrons. The van der Waals surface area contributed by atoms with Gasteiger partial charge in [0, 0.05) is 23.2 Å². The molecule has 0 aliphatic heterocycles. The first-order valence-electron chi connectivity index (χ1n) is 8.49. The van der Waals surface area contributed by atoms with Crippen molar-refractivity contribution < 1.29 is 17.7 Å². The molecule has 0 bridgehead atoms. The smallest absolute Gasteiger partial charge is 0.258 e. The van der Waals surface area contributed by atoms with Crippen LogP contribution in [0.25, 0.3) is 22.2 Å². The lowest BCUT2D eigenvalue weighted by Gasteiger charge is -2.08. The van der Waals surface area contributed by atoms with Gasteiger partial charge < -0.3 is 0 Å². The first-order chi connectivity index (χ1) is 14.2. The molecule has 0 radical (unpaired) electrons. The quantitative estimate of drug-likeness (QED) is 0.262. The fraction of sp³-hybridized carbons (Fsp3) is 0.0526. The van der Waals surface area contributed by atoms with Gasteiger partial charge in [-0.05, 0) is 30.7 Å². The number of nitro groups is 1. The molecule has 11 heteroatoms. The summed E-state index contributed by atoms with van der Waals surface area (Å²) in [4.78, 5) is 18.2. The van der Waals surface area contributed by atoms with E-state index in [2.05, 4.69) is 9.97 Å². The summed E-state index contributed by atoms with van der Waals surface area (Å²) in [6.45, 7) is 1.80. The summed E-state index contributed by atoms with van der Waals surface area (Å²) in [7, 11) is -4.24. The maximum Gasteiger partial charge on any atom is 0.294 e. The number of aromatic nitrogens is 3. The molecule has 2 heterocycles. The Morgan fingerprint density at radius 3 is 2.53 bits per heavy atom. The maximum atomic E-state index is 14.4. The number of rotatable bonds is 4. The molecule has 2 aromatic carbocycles. The number of hydrogen-bond acceptors (Lipinski definition) is 6. The van der Waals surface area contributed by atoms with Gasteiger partial charge in [-0.25, -0.2) is 26.7 Å². The number of para-hydroxylation sites is 1. The third-order valence-electron chi connectivity index (χ3n) is 4.52. The van der Waals surface area contributed by atoms with Crippen LogP contribution in [-0.4, -0.2) is 27.3 Å². The third-order valence-corrected chi connectivity index (χ3v) is 6.37. The van der Waals surface area contributed by atoms with Gasteiger partial charge in [0.05, 0.1) is 16.0 Å². The van der Waals surface area contributed by atoms with E-state index in [0.29, 0.717) is 0 Å². The molecule has 8 nitrogen and oxygen atoms in total. The zero-order valence-corrected chi connectivity index (χ0v) is 16.9. The van der Waals surface area contributed by atoms with Crippen LogP contribution in [0.5, 0.6) is 0 Å². The zero-order chi connectivity index (χ0) is 21.6. The van der Waals surface area contributed by atoms with Crippen LogP contribution < -0.4 is 0 Å². The summed E-state index contributed by atoms with van der Waals surface area (Å²) in [5.41, 5.74) is -0.0394. The fourth-order valence-corrected chi connectivity index (χ4v) is 4.63. The Morgan fingerprint density at radius 1 is 1.17 bits per heavy atom. The summed E-state index contributed by atoms with van der Waals surface area (Å²) in [5.74, 6) is -0.849. The number of non-ortho nitro benzene ring substituents is 1. The van der Waals surface area contributed by atoms with Crippen LogP contribution in [0.3, 0.4) is 0 Å². The minimum Gasteiger partial charge on any atom is -0.258 e. The number of nitro benzene ring substituents is 1. The molecular formula is C19H12ClFN4O4S. The molecule has 0 saturated carbocycles. The van der Waals surface area contributed by atoms with E-state index in [4.69, 9.17) is 11.6 Å². The fourth-order valence-electron chi connectivity index (χ4n) is 3.12. The maximum absolute atomic E-state index is 14.4. The second-order valence-electron chi connectivity index (χ2n) is 6.42. The monoisotopic (exact) mass is 446 g/mol. The van der Waals surface area contributed by atoms with Crippen molar-refractivity contribution in [2.24, 2.45) is 0 Å². The summed E-state index contributed by atoms with van der Waals surface area (Å²) < 4.78 is 41.8. The van der Waals surface area contributed by atoms with Gasteiger partial charge in [-0.3, -0.25) is 10.1 Å². The molecule has 4 rings (SSSR count). The lowest BCUT2D eigenvalue weighted by Crippen LogP contribution is -2.12. The van der Waals surface area contributed by atoms with Gasteiger partial charge in [0.15, 0.2) is 5.82 Å². The highest BCUT2D eigenvalue weighted by atomic mass is 35.5. The normalized spacial score (nSPS) is 11.7. The van der Waals surface area contributed by atoms with Crippen molar-refractivity contribution in [3.05, 3.63) is 81.6 Å². The van der Waals surface area contributed by atoms with Crippen molar-refractivity contribution in [3.8, 4) is 11.3 Å². The zero-order valence-electron chi connectivity index (χ0n) is 15.3. The molecule has 0 saturated heterocycles. The van der Waals surface area contributed by atoms with Crippen LogP contribution >= 0.6 is 11.6 Å². The summed E-state index contributed by atoms with van der Waals surface area (Å²) in [6.07, 6.45) is 1.95. The predicted octanol–water partition coefficient (Wildman–Crippen LogP) is 4.34. The van der Waals surface area contributed by atoms with Crippen molar-refractivity contribution in [2.45, 2.75) is 11.8 Å². The van der Waals surface area contributed by atoms with Crippen molar-refractivity contribution in [1.82, 2.24) is 13.9 Å². The molecule has 0 fully saturated rings. The first kappa shape index (κ1) is 19.9. The third kappa shape index (κ3) is 3.19. The largest absolute Gasteiger partial charge is 0.294 e. The Kier molecular flexibility index (Phi) is 4.75. The van der Waals surface area contributed by atoms with Gasteiger partial charge in [-0.2, -0.15) is 0 Å². The number of fused-ring (bicyclic) bond motifs is 1. The van der Waals surface area contributed by atoms with Crippen molar-refractivity contribution in [1.29, 1.82) is 0 Å². The second kappa shape index (κ2) is 7.15. The number of aryl methyl sites for hydroxylation is 1. The van der Waals surface area contributed by atoms with E-state index in [0.717, 1.165) is 21.9 Å². The molecule has 0 amide bonds. The lowest BCUT2D eigenvalue weighted by atomic mass is 10.1. The molecule has 0 aliphatic carbocycles. The highest BCUT2D eigenvalue weighted by Gasteiger charge is 2.28. The van der Waals surface area contributed by atoms with Crippen LogP contribution in [0.1, 0.15) is 5.56 Å². The van der Waals surface area contributed by atoms with Gasteiger partial charge in [-0.1, -0.05) is 29.8 Å². The Hall–Kier alpha value is -3.37. The van der Waals surface area contributed by atoms with E-state index < -0.39 is 26.5 Å². The van der Waals surface area contributed by atoms with E-state index >= 15 is 0 Å². The second-order valence-corrected chi connectivity index (χ2v) is 8.58. The Morgan fingerprint density at radius 2 is 1.87 bits per heavy atom. The SMILES string of the molecule is Cc1ccc(S(=O)(=O)n2cc(-c3nc(Cl)ncc3F)c3cccc([N+](=O)[O-])c32)cc1. The average molecular weight is 447 g/mol. The van der Waals surface area contributed by atoms with E-state index in [1.54, 1.807) is 19.1 Å². The Labute approximate surface area is 174 Å². The van der Waals surface area contributed by atoms with Crippen LogP contribution in [0.15, 0.2) is 59.8 Å². The number of halogens is 2. The molecule has 4 aromatic rings. The first-order valence-corrected chi connectivity index (χ1v) is 10.3. The van der Waals surface area contributed by atoms with Crippen LogP contribution in [0.2, 0.25) is 5.28 Å². The van der Waals surface area contributed by atoms with Crippen LogP contribution in [0.4, 0.5) is 10.1 Å². The molecule has 0 unspecified atom stereocenters. The highest BCUT2D eigenvalue weighted by molar-refractivity contribution is 7.90. The number of benzene rings is 2. The minimum absolute atomic E-state index is 0.0335. The van der Waals surface area contributed by atoms with Gasteiger partial charge in [0.1, 0.15) is 11.2 Å². The van der Waals surface area contributed by atoms with E-state index in [1.165, 1.54) is 30.3 Å². The molecule has 0 aliphatic rings. The van der Waals surface area contributed by atoms with Gasteiger partial charge in [0.25, 0.3) is 15.7 Å². The van der Waals surface area contributed by atoms with E-state index in [9.17, 15) is 22.9 Å². The topological polar surface area (TPSA) is 108 Å². The number of nitrogens with zero attached hydrogens (tertiary/aromatic N) is 4. The lowest BCUT2D eigenvalue weighted by molar-refractivity contribution is -0.383. The minimum atomic E-state index is -4.24.